The molecule has 0 bridgehead atoms. The molecule has 0 aliphatic rings. The second kappa shape index (κ2) is 36.8. The van der Waals surface area contributed by atoms with E-state index >= 15 is 0 Å². The Morgan fingerprint density at radius 1 is 0.633 bits per heavy atom. The summed E-state index contributed by atoms with van der Waals surface area (Å²) in [6.07, 6.45) is 28.0. The first-order chi connectivity index (χ1) is 23.0. The molecular formula is C38H73NaO9S. The average molecular weight is 729 g/mol. The zero-order valence-corrected chi connectivity index (χ0v) is 32.0. The van der Waals surface area contributed by atoms with Crippen molar-refractivity contribution in [3.8, 4) is 0 Å². The molecule has 0 aromatic rings. The van der Waals surface area contributed by atoms with E-state index in [0.717, 1.165) is 64.2 Å². The van der Waals surface area contributed by atoms with Crippen LogP contribution < -0.4 is 0 Å². The molecule has 0 radical (unpaired) electrons. The van der Waals surface area contributed by atoms with Gasteiger partial charge >= 0.3 is 47.5 Å². The molecule has 0 aromatic heterocycles. The van der Waals surface area contributed by atoms with Gasteiger partial charge in [-0.3, -0.25) is 18.9 Å². The number of hydrogen-bond acceptors (Lipinski definition) is 7. The second-order valence-corrected chi connectivity index (χ2v) is 14.7. The van der Waals surface area contributed by atoms with E-state index in [1.807, 2.05) is 13.8 Å². The van der Waals surface area contributed by atoms with Crippen molar-refractivity contribution in [2.75, 3.05) is 13.2 Å². The van der Waals surface area contributed by atoms with Crippen molar-refractivity contribution in [3.63, 3.8) is 0 Å². The molecule has 286 valence electrons. The van der Waals surface area contributed by atoms with Gasteiger partial charge in [0, 0.05) is 6.42 Å². The van der Waals surface area contributed by atoms with E-state index in [0.29, 0.717) is 6.42 Å². The van der Waals surface area contributed by atoms with Crippen LogP contribution >= 0.6 is 0 Å². The van der Waals surface area contributed by atoms with Gasteiger partial charge in [0.05, 0.1) is 19.6 Å². The third-order valence-electron chi connectivity index (χ3n) is 8.65. The molecule has 0 heterocycles. The van der Waals surface area contributed by atoms with Crippen LogP contribution in [0.25, 0.3) is 0 Å². The number of allylic oxidation sites excluding steroid dienone is 2. The summed E-state index contributed by atoms with van der Waals surface area (Å²) < 4.78 is 42.8. The van der Waals surface area contributed by atoms with E-state index in [2.05, 4.69) is 32.9 Å². The number of carboxylic acids is 1. The van der Waals surface area contributed by atoms with Crippen LogP contribution in [0.5, 0.6) is 0 Å². The maximum absolute atomic E-state index is 12.2. The van der Waals surface area contributed by atoms with E-state index < -0.39 is 39.7 Å². The summed E-state index contributed by atoms with van der Waals surface area (Å²) in [6.45, 7) is 10.6. The molecule has 11 heteroatoms. The van der Waals surface area contributed by atoms with Gasteiger partial charge in [0.15, 0.2) is 5.25 Å². The van der Waals surface area contributed by atoms with Gasteiger partial charge < -0.3 is 14.6 Å². The number of hydrogen-bond donors (Lipinski definition) is 2. The summed E-state index contributed by atoms with van der Waals surface area (Å²) in [5, 5.41) is 6.56. The third-order valence-corrected chi connectivity index (χ3v) is 9.73. The fourth-order valence-corrected chi connectivity index (χ4v) is 5.83. The van der Waals surface area contributed by atoms with E-state index in [-0.39, 0.29) is 54.6 Å². The van der Waals surface area contributed by atoms with Crippen LogP contribution in [-0.2, 0) is 34.0 Å². The van der Waals surface area contributed by atoms with Crippen molar-refractivity contribution in [1.82, 2.24) is 0 Å². The summed E-state index contributed by atoms with van der Waals surface area (Å²) in [6, 6.07) is 0. The molecule has 3 unspecified atom stereocenters. The molecule has 9 nitrogen and oxygen atoms in total. The molecule has 0 aromatic carbocycles. The van der Waals surface area contributed by atoms with Crippen molar-refractivity contribution in [1.29, 1.82) is 0 Å². The topological polar surface area (TPSA) is 144 Å². The number of esters is 2. The molecule has 49 heavy (non-hydrogen) atoms. The van der Waals surface area contributed by atoms with Crippen LogP contribution in [0.4, 0.5) is 0 Å². The van der Waals surface area contributed by atoms with Gasteiger partial charge in [0.25, 0.3) is 10.1 Å². The monoisotopic (exact) mass is 728 g/mol. The Morgan fingerprint density at radius 3 is 1.49 bits per heavy atom. The summed E-state index contributed by atoms with van der Waals surface area (Å²) in [5.74, 6) is -2.27. The van der Waals surface area contributed by atoms with Crippen molar-refractivity contribution in [2.45, 2.75) is 188 Å². The van der Waals surface area contributed by atoms with Crippen LogP contribution in [0.1, 0.15) is 182 Å². The third kappa shape index (κ3) is 35.3. The zero-order chi connectivity index (χ0) is 36.5. The number of ether oxygens (including phenoxy) is 2. The van der Waals surface area contributed by atoms with E-state index in [1.165, 1.54) is 70.6 Å². The van der Waals surface area contributed by atoms with E-state index in [1.54, 1.807) is 0 Å². The standard InChI is InChI=1S/C20H38O7S.C18H34O2.Na.H/c1-5-9-11-16(7-3)14-26-19(21)13-18(28(23,24)25)20(22)27-15-17(8-4)12-10-6-2;1-2-3-4-5-6-7-8-9-10-11-12-13-14-15-16-17-18(19)20;;/h16-18H,5-15H2,1-4H3,(H,23,24,25);9-10H,2-8,11-17H2,1H3,(H,19,20);;/b;10-9-;;. The summed E-state index contributed by atoms with van der Waals surface area (Å²) in [7, 11) is -4.76. The number of rotatable bonds is 31. The van der Waals surface area contributed by atoms with E-state index in [4.69, 9.17) is 14.6 Å². The van der Waals surface area contributed by atoms with Crippen molar-refractivity contribution >= 4 is 57.6 Å². The Kier molecular flexibility index (Phi) is 39.4. The van der Waals surface area contributed by atoms with Crippen LogP contribution in [0.2, 0.25) is 0 Å². The summed E-state index contributed by atoms with van der Waals surface area (Å²) in [5.41, 5.74) is 0. The maximum atomic E-state index is 12.2. The molecular weight excluding hydrogens is 655 g/mol. The number of carbonyl (C=O) groups is 3. The van der Waals surface area contributed by atoms with Crippen molar-refractivity contribution in [3.05, 3.63) is 12.2 Å². The Balaban J connectivity index is -0.000000893. The number of carbonyl (C=O) groups excluding carboxylic acids is 2. The van der Waals surface area contributed by atoms with Gasteiger partial charge in [-0.1, -0.05) is 137 Å². The van der Waals surface area contributed by atoms with Gasteiger partial charge in [-0.25, -0.2) is 0 Å². The van der Waals surface area contributed by atoms with Gasteiger partial charge in [0.2, 0.25) is 0 Å². The Hall–Kier alpha value is -0.940. The quantitative estimate of drug-likeness (QED) is 0.0234. The van der Waals surface area contributed by atoms with Gasteiger partial charge in [-0.2, -0.15) is 8.42 Å². The minimum atomic E-state index is -4.76. The fraction of sp³-hybridized carbons (Fsp3) is 0.868. The van der Waals surface area contributed by atoms with Crippen molar-refractivity contribution in [2.24, 2.45) is 11.8 Å². The molecule has 0 rings (SSSR count). The molecule has 0 amide bonds. The van der Waals surface area contributed by atoms with Gasteiger partial charge in [-0.05, 0) is 56.8 Å². The molecule has 2 N–H and O–H groups in total. The van der Waals surface area contributed by atoms with E-state index in [9.17, 15) is 27.4 Å². The minimum absolute atomic E-state index is 0. The molecule has 0 aliphatic carbocycles. The second-order valence-electron chi connectivity index (χ2n) is 13.1. The fourth-order valence-electron chi connectivity index (χ4n) is 5.17. The average Bonchev–Trinajstić information content (AvgIpc) is 3.05. The first kappa shape index (κ1) is 52.4. The van der Waals surface area contributed by atoms with Crippen LogP contribution in [0.15, 0.2) is 12.2 Å². The number of aliphatic carboxylic acids is 1. The van der Waals surface area contributed by atoms with Crippen LogP contribution in [-0.4, -0.2) is 84.0 Å². The Morgan fingerprint density at radius 2 is 1.06 bits per heavy atom. The van der Waals surface area contributed by atoms with Crippen molar-refractivity contribution < 1.29 is 41.9 Å². The predicted octanol–water partition coefficient (Wildman–Crippen LogP) is 9.61. The first-order valence-corrected chi connectivity index (χ1v) is 20.6. The Labute approximate surface area is 322 Å². The summed E-state index contributed by atoms with van der Waals surface area (Å²) in [4.78, 5) is 34.5. The molecule has 0 fully saturated rings. The predicted molar refractivity (Wildman–Crippen MR) is 203 cm³/mol. The first-order valence-electron chi connectivity index (χ1n) is 19.1. The van der Waals surface area contributed by atoms with Crippen LogP contribution in [0.3, 0.4) is 0 Å². The number of carboxylic acid groups (broad SMARTS) is 1. The number of unbranched alkanes of at least 4 members (excludes halogenated alkanes) is 13. The molecule has 0 saturated heterocycles. The van der Waals surface area contributed by atoms with Gasteiger partial charge in [0.1, 0.15) is 0 Å². The Bertz CT molecular complexity index is 924. The normalized spacial score (nSPS) is 13.1. The van der Waals surface area contributed by atoms with Gasteiger partial charge in [-0.15, -0.1) is 0 Å². The molecule has 0 aliphatic heterocycles. The zero-order valence-electron chi connectivity index (χ0n) is 31.2. The summed E-state index contributed by atoms with van der Waals surface area (Å²) >= 11 is 0. The van der Waals surface area contributed by atoms with Crippen LogP contribution in [0, 0.1) is 11.8 Å². The molecule has 0 spiro atoms. The molecule has 3 atom stereocenters. The molecule has 0 saturated carbocycles. The SMILES string of the molecule is CCCCC(CC)COC(=O)CC(C(=O)OCC(CC)CCCC)S(=O)(=O)O.CCCCCCCC/C=C\CCCCCCCC(=O)O.[NaH].